The maximum absolute atomic E-state index is 12.5. The maximum Gasteiger partial charge on any atom is 0.246 e. The zero-order chi connectivity index (χ0) is 20.8. The standard InChI is InChI=1S/C24H25NO4/c1-25(16-18-5-7-20-14-21(27-2)9-8-19(20)11-18)24(26)10-6-17-12-22(28-3)15-23(13-17)29-4/h5-15H,16H2,1-4H3/b10-6+. The SMILES string of the molecule is COc1cc(/C=C/C(=O)N(C)Cc2ccc3cc(OC)ccc3c2)cc(OC)c1. The van der Waals surface area contributed by atoms with Crippen molar-refractivity contribution in [3.8, 4) is 17.2 Å². The summed E-state index contributed by atoms with van der Waals surface area (Å²) in [7, 11) is 6.64. The summed E-state index contributed by atoms with van der Waals surface area (Å²) in [5.41, 5.74) is 1.90. The van der Waals surface area contributed by atoms with Crippen LogP contribution in [0.25, 0.3) is 16.8 Å². The molecule has 0 aromatic heterocycles. The third kappa shape index (κ3) is 5.08. The van der Waals surface area contributed by atoms with Crippen LogP contribution in [0.1, 0.15) is 11.1 Å². The molecule has 29 heavy (non-hydrogen) atoms. The molecule has 0 saturated carbocycles. The zero-order valence-electron chi connectivity index (χ0n) is 17.1. The minimum absolute atomic E-state index is 0.0818. The number of nitrogens with zero attached hydrogens (tertiary/aromatic N) is 1. The van der Waals surface area contributed by atoms with Gasteiger partial charge in [0.05, 0.1) is 21.3 Å². The van der Waals surface area contributed by atoms with Crippen LogP contribution in [-0.2, 0) is 11.3 Å². The van der Waals surface area contributed by atoms with Crippen molar-refractivity contribution < 1.29 is 19.0 Å². The highest BCUT2D eigenvalue weighted by Crippen LogP contribution is 2.24. The highest BCUT2D eigenvalue weighted by molar-refractivity contribution is 5.92. The van der Waals surface area contributed by atoms with Gasteiger partial charge in [0.25, 0.3) is 0 Å². The van der Waals surface area contributed by atoms with Gasteiger partial charge in [-0.3, -0.25) is 4.79 Å². The van der Waals surface area contributed by atoms with Crippen molar-refractivity contribution in [1.29, 1.82) is 0 Å². The van der Waals surface area contributed by atoms with Crippen LogP contribution in [0.15, 0.2) is 60.7 Å². The summed E-state index contributed by atoms with van der Waals surface area (Å²) in [5, 5.41) is 2.22. The summed E-state index contributed by atoms with van der Waals surface area (Å²) in [6.07, 6.45) is 3.32. The summed E-state index contributed by atoms with van der Waals surface area (Å²) in [6, 6.07) is 17.6. The molecule has 0 heterocycles. The largest absolute Gasteiger partial charge is 0.497 e. The van der Waals surface area contributed by atoms with E-state index in [2.05, 4.69) is 6.07 Å². The van der Waals surface area contributed by atoms with Crippen LogP contribution in [0.4, 0.5) is 0 Å². The Morgan fingerprint density at radius 3 is 2.10 bits per heavy atom. The number of hydrogen-bond donors (Lipinski definition) is 0. The monoisotopic (exact) mass is 391 g/mol. The van der Waals surface area contributed by atoms with Crippen LogP contribution in [0.2, 0.25) is 0 Å². The molecule has 0 aliphatic rings. The molecule has 5 nitrogen and oxygen atoms in total. The number of amides is 1. The fourth-order valence-corrected chi connectivity index (χ4v) is 3.07. The van der Waals surface area contributed by atoms with E-state index in [0.717, 1.165) is 27.6 Å². The van der Waals surface area contributed by atoms with Crippen LogP contribution in [-0.4, -0.2) is 39.2 Å². The number of carbonyl (C=O) groups excluding carboxylic acids is 1. The van der Waals surface area contributed by atoms with Crippen LogP contribution in [0.5, 0.6) is 17.2 Å². The molecule has 0 saturated heterocycles. The number of ether oxygens (including phenoxy) is 3. The zero-order valence-corrected chi connectivity index (χ0v) is 17.1. The smallest absolute Gasteiger partial charge is 0.246 e. The minimum Gasteiger partial charge on any atom is -0.497 e. The van der Waals surface area contributed by atoms with Gasteiger partial charge in [-0.1, -0.05) is 18.2 Å². The van der Waals surface area contributed by atoms with Gasteiger partial charge < -0.3 is 19.1 Å². The molecular weight excluding hydrogens is 366 g/mol. The molecule has 0 aliphatic heterocycles. The van der Waals surface area contributed by atoms with E-state index in [1.165, 1.54) is 0 Å². The van der Waals surface area contributed by atoms with E-state index in [1.54, 1.807) is 51.5 Å². The van der Waals surface area contributed by atoms with Crippen LogP contribution in [0, 0.1) is 0 Å². The third-order valence-corrected chi connectivity index (χ3v) is 4.70. The van der Waals surface area contributed by atoms with Crippen molar-refractivity contribution in [3.63, 3.8) is 0 Å². The second-order valence-corrected chi connectivity index (χ2v) is 6.72. The van der Waals surface area contributed by atoms with Gasteiger partial charge in [-0.15, -0.1) is 0 Å². The van der Waals surface area contributed by atoms with Gasteiger partial charge in [0.15, 0.2) is 0 Å². The molecule has 1 amide bonds. The van der Waals surface area contributed by atoms with Crippen LogP contribution >= 0.6 is 0 Å². The summed E-state index contributed by atoms with van der Waals surface area (Å²) >= 11 is 0. The summed E-state index contributed by atoms with van der Waals surface area (Å²) in [6.45, 7) is 0.520. The first kappa shape index (κ1) is 20.3. The van der Waals surface area contributed by atoms with Crippen molar-refractivity contribution in [2.24, 2.45) is 0 Å². The van der Waals surface area contributed by atoms with E-state index in [9.17, 15) is 4.79 Å². The lowest BCUT2D eigenvalue weighted by atomic mass is 10.1. The second-order valence-electron chi connectivity index (χ2n) is 6.72. The number of hydrogen-bond acceptors (Lipinski definition) is 4. The van der Waals surface area contributed by atoms with Gasteiger partial charge in [0.1, 0.15) is 17.2 Å². The Balaban J connectivity index is 1.70. The summed E-state index contributed by atoms with van der Waals surface area (Å²) < 4.78 is 15.8. The Morgan fingerprint density at radius 1 is 0.828 bits per heavy atom. The van der Waals surface area contributed by atoms with Gasteiger partial charge >= 0.3 is 0 Å². The molecule has 0 N–H and O–H groups in total. The highest BCUT2D eigenvalue weighted by Gasteiger charge is 2.08. The first-order valence-electron chi connectivity index (χ1n) is 9.25. The van der Waals surface area contributed by atoms with Gasteiger partial charge in [0, 0.05) is 25.7 Å². The maximum atomic E-state index is 12.5. The fourth-order valence-electron chi connectivity index (χ4n) is 3.07. The number of benzene rings is 3. The molecule has 0 spiro atoms. The minimum atomic E-state index is -0.0818. The number of carbonyl (C=O) groups is 1. The molecule has 5 heteroatoms. The predicted molar refractivity (Wildman–Crippen MR) is 116 cm³/mol. The Bertz CT molecular complexity index is 1020. The fraction of sp³-hybridized carbons (Fsp3) is 0.208. The molecule has 3 aromatic carbocycles. The quantitative estimate of drug-likeness (QED) is 0.555. The molecule has 150 valence electrons. The number of likely N-dealkylation sites (N-methyl/N-ethyl adjacent to an activating group) is 1. The Hall–Kier alpha value is -3.47. The van der Waals surface area contributed by atoms with E-state index in [0.29, 0.717) is 18.0 Å². The number of methoxy groups -OCH3 is 3. The average Bonchev–Trinajstić information content (AvgIpc) is 2.76. The molecule has 0 fully saturated rings. The van der Waals surface area contributed by atoms with Gasteiger partial charge in [0.2, 0.25) is 5.91 Å². The Labute approximate surface area is 171 Å². The molecule has 0 radical (unpaired) electrons. The van der Waals surface area contributed by atoms with E-state index in [1.807, 2.05) is 42.5 Å². The van der Waals surface area contributed by atoms with Crippen molar-refractivity contribution in [1.82, 2.24) is 4.90 Å². The van der Waals surface area contributed by atoms with Crippen LogP contribution < -0.4 is 14.2 Å². The topological polar surface area (TPSA) is 48.0 Å². The van der Waals surface area contributed by atoms with Crippen molar-refractivity contribution >= 4 is 22.8 Å². The van der Waals surface area contributed by atoms with Crippen molar-refractivity contribution in [2.75, 3.05) is 28.4 Å². The first-order chi connectivity index (χ1) is 14.0. The predicted octanol–water partition coefficient (Wildman–Crippen LogP) is 4.54. The molecule has 3 rings (SSSR count). The number of fused-ring (bicyclic) bond motifs is 1. The third-order valence-electron chi connectivity index (χ3n) is 4.70. The molecule has 0 atom stereocenters. The van der Waals surface area contributed by atoms with E-state index in [4.69, 9.17) is 14.2 Å². The Morgan fingerprint density at radius 2 is 1.45 bits per heavy atom. The lowest BCUT2D eigenvalue weighted by Crippen LogP contribution is -2.24. The van der Waals surface area contributed by atoms with E-state index < -0.39 is 0 Å². The molecular formula is C24H25NO4. The summed E-state index contributed by atoms with van der Waals surface area (Å²) in [4.78, 5) is 14.2. The molecule has 0 bridgehead atoms. The van der Waals surface area contributed by atoms with Gasteiger partial charge in [-0.2, -0.15) is 0 Å². The average molecular weight is 391 g/mol. The van der Waals surface area contributed by atoms with E-state index >= 15 is 0 Å². The lowest BCUT2D eigenvalue weighted by Gasteiger charge is -2.16. The molecule has 0 aliphatic carbocycles. The molecule has 0 unspecified atom stereocenters. The van der Waals surface area contributed by atoms with E-state index in [-0.39, 0.29) is 5.91 Å². The first-order valence-corrected chi connectivity index (χ1v) is 9.25. The normalized spacial score (nSPS) is 10.9. The summed E-state index contributed by atoms with van der Waals surface area (Å²) in [5.74, 6) is 2.11. The highest BCUT2D eigenvalue weighted by atomic mass is 16.5. The lowest BCUT2D eigenvalue weighted by molar-refractivity contribution is -0.125. The van der Waals surface area contributed by atoms with Crippen molar-refractivity contribution in [2.45, 2.75) is 6.54 Å². The Kier molecular flexibility index (Phi) is 6.39. The second kappa shape index (κ2) is 9.15. The van der Waals surface area contributed by atoms with Gasteiger partial charge in [-0.05, 0) is 58.3 Å². The molecule has 3 aromatic rings. The van der Waals surface area contributed by atoms with Crippen LogP contribution in [0.3, 0.4) is 0 Å². The number of rotatable bonds is 7. The van der Waals surface area contributed by atoms with Crippen molar-refractivity contribution in [3.05, 3.63) is 71.8 Å². The van der Waals surface area contributed by atoms with Gasteiger partial charge in [-0.25, -0.2) is 0 Å².